The van der Waals surface area contributed by atoms with Crippen molar-refractivity contribution in [3.8, 4) is 12.3 Å². The van der Waals surface area contributed by atoms with Crippen LogP contribution in [0.5, 0.6) is 0 Å². The van der Waals surface area contributed by atoms with Crippen molar-refractivity contribution in [2.45, 2.75) is 37.6 Å². The molecule has 14 heavy (non-hydrogen) atoms. The molecule has 2 amide bonds. The first-order valence-corrected chi connectivity index (χ1v) is 5.27. The standard InChI is InChI=1S/C11H16N2O/c1-2-8-13-10(14)12-9-11(13)6-4-3-5-7-11/h1H,3-9H2,(H,12,14). The summed E-state index contributed by atoms with van der Waals surface area (Å²) in [6, 6.07) is 0.0184. The number of nitrogens with zero attached hydrogens (tertiary/aromatic N) is 1. The molecule has 0 aromatic heterocycles. The molecule has 1 saturated carbocycles. The normalized spacial score (nSPS) is 24.8. The van der Waals surface area contributed by atoms with Gasteiger partial charge in [0.25, 0.3) is 0 Å². The summed E-state index contributed by atoms with van der Waals surface area (Å²) in [7, 11) is 0. The molecule has 0 aromatic carbocycles. The first-order valence-electron chi connectivity index (χ1n) is 5.27. The fraction of sp³-hybridized carbons (Fsp3) is 0.727. The Kier molecular flexibility index (Phi) is 2.37. The minimum absolute atomic E-state index is 0.0184. The highest BCUT2D eigenvalue weighted by Crippen LogP contribution is 2.35. The lowest BCUT2D eigenvalue weighted by Gasteiger charge is -2.39. The van der Waals surface area contributed by atoms with Crippen LogP contribution in [0.1, 0.15) is 32.1 Å². The molecule has 0 bridgehead atoms. The van der Waals surface area contributed by atoms with E-state index in [1.165, 1.54) is 19.3 Å². The lowest BCUT2D eigenvalue weighted by molar-refractivity contribution is 0.131. The smallest absolute Gasteiger partial charge is 0.318 e. The van der Waals surface area contributed by atoms with Crippen molar-refractivity contribution in [2.24, 2.45) is 0 Å². The SMILES string of the molecule is C#CCN1C(=O)NCC12CCCCC2. The Morgan fingerprint density at radius 1 is 1.43 bits per heavy atom. The quantitative estimate of drug-likeness (QED) is 0.625. The van der Waals surface area contributed by atoms with E-state index in [-0.39, 0.29) is 11.6 Å². The van der Waals surface area contributed by atoms with E-state index in [9.17, 15) is 4.79 Å². The zero-order valence-electron chi connectivity index (χ0n) is 8.38. The number of terminal acetylenes is 1. The summed E-state index contributed by atoms with van der Waals surface area (Å²) in [5, 5.41) is 2.91. The van der Waals surface area contributed by atoms with Crippen LogP contribution in [0, 0.1) is 12.3 Å². The fourth-order valence-electron chi connectivity index (χ4n) is 2.63. The van der Waals surface area contributed by atoms with Gasteiger partial charge in [-0.2, -0.15) is 0 Å². The third kappa shape index (κ3) is 1.35. The van der Waals surface area contributed by atoms with Gasteiger partial charge in [0.1, 0.15) is 0 Å². The van der Waals surface area contributed by atoms with E-state index in [1.54, 1.807) is 0 Å². The largest absolute Gasteiger partial charge is 0.336 e. The number of carbonyl (C=O) groups is 1. The molecule has 3 nitrogen and oxygen atoms in total. The summed E-state index contributed by atoms with van der Waals surface area (Å²) in [5.41, 5.74) is 0.0434. The maximum Gasteiger partial charge on any atom is 0.318 e. The van der Waals surface area contributed by atoms with Gasteiger partial charge in [-0.05, 0) is 12.8 Å². The van der Waals surface area contributed by atoms with Crippen LogP contribution in [-0.4, -0.2) is 29.6 Å². The van der Waals surface area contributed by atoms with E-state index in [2.05, 4.69) is 11.2 Å². The average molecular weight is 192 g/mol. The molecule has 2 aliphatic rings. The van der Waals surface area contributed by atoms with Crippen LogP contribution >= 0.6 is 0 Å². The van der Waals surface area contributed by atoms with E-state index < -0.39 is 0 Å². The first-order chi connectivity index (χ1) is 6.78. The van der Waals surface area contributed by atoms with Crippen molar-refractivity contribution in [1.29, 1.82) is 0 Å². The molecular weight excluding hydrogens is 176 g/mol. The molecule has 1 spiro atoms. The topological polar surface area (TPSA) is 32.3 Å². The average Bonchev–Trinajstić information content (AvgIpc) is 2.49. The van der Waals surface area contributed by atoms with Gasteiger partial charge in [-0.15, -0.1) is 6.42 Å². The lowest BCUT2D eigenvalue weighted by Crippen LogP contribution is -2.48. The molecule has 76 valence electrons. The van der Waals surface area contributed by atoms with Crippen molar-refractivity contribution < 1.29 is 4.79 Å². The summed E-state index contributed by atoms with van der Waals surface area (Å²) in [5.74, 6) is 2.58. The highest BCUT2D eigenvalue weighted by atomic mass is 16.2. The van der Waals surface area contributed by atoms with Gasteiger partial charge in [0.05, 0.1) is 12.1 Å². The minimum Gasteiger partial charge on any atom is -0.336 e. The van der Waals surface area contributed by atoms with E-state index in [0.717, 1.165) is 19.4 Å². The number of carbonyl (C=O) groups excluding carboxylic acids is 1. The van der Waals surface area contributed by atoms with Gasteiger partial charge in [-0.25, -0.2) is 4.79 Å². The second-order valence-corrected chi connectivity index (χ2v) is 4.23. The number of urea groups is 1. The summed E-state index contributed by atoms with van der Waals surface area (Å²) in [6.07, 6.45) is 11.2. The van der Waals surface area contributed by atoms with Crippen LogP contribution in [0.3, 0.4) is 0 Å². The molecule has 3 heteroatoms. The Hall–Kier alpha value is -1.17. The van der Waals surface area contributed by atoms with Gasteiger partial charge in [-0.3, -0.25) is 0 Å². The molecule has 0 unspecified atom stereocenters. The second-order valence-electron chi connectivity index (χ2n) is 4.23. The van der Waals surface area contributed by atoms with Crippen LogP contribution in [-0.2, 0) is 0 Å². The Labute approximate surface area is 84.8 Å². The summed E-state index contributed by atoms with van der Waals surface area (Å²) in [4.78, 5) is 13.4. The predicted molar refractivity (Wildman–Crippen MR) is 54.8 cm³/mol. The van der Waals surface area contributed by atoms with E-state index in [4.69, 9.17) is 6.42 Å². The van der Waals surface area contributed by atoms with Gasteiger partial charge < -0.3 is 10.2 Å². The maximum atomic E-state index is 11.6. The molecule has 0 aromatic rings. The van der Waals surface area contributed by atoms with E-state index >= 15 is 0 Å². The molecule has 1 saturated heterocycles. The Balaban J connectivity index is 2.16. The number of nitrogens with one attached hydrogen (secondary N) is 1. The number of amides is 2. The number of rotatable bonds is 1. The van der Waals surface area contributed by atoms with Gasteiger partial charge in [0, 0.05) is 6.54 Å². The number of hydrogen-bond acceptors (Lipinski definition) is 1. The molecule has 1 N–H and O–H groups in total. The molecular formula is C11H16N2O. The zero-order chi connectivity index (χ0) is 10.0. The molecule has 0 radical (unpaired) electrons. The van der Waals surface area contributed by atoms with Crippen molar-refractivity contribution >= 4 is 6.03 Å². The summed E-state index contributed by atoms with van der Waals surface area (Å²) in [6.45, 7) is 1.24. The Bertz CT molecular complexity index is 274. The third-order valence-electron chi connectivity index (χ3n) is 3.42. The van der Waals surface area contributed by atoms with Gasteiger partial charge >= 0.3 is 6.03 Å². The van der Waals surface area contributed by atoms with Crippen molar-refractivity contribution in [1.82, 2.24) is 10.2 Å². The van der Waals surface area contributed by atoms with Gasteiger partial charge in [-0.1, -0.05) is 25.2 Å². The van der Waals surface area contributed by atoms with Gasteiger partial charge in [0.15, 0.2) is 0 Å². The van der Waals surface area contributed by atoms with Crippen LogP contribution in [0.25, 0.3) is 0 Å². The molecule has 0 atom stereocenters. The van der Waals surface area contributed by atoms with Crippen LogP contribution in [0.15, 0.2) is 0 Å². The summed E-state index contributed by atoms with van der Waals surface area (Å²) >= 11 is 0. The monoisotopic (exact) mass is 192 g/mol. The first kappa shape index (κ1) is 9.39. The van der Waals surface area contributed by atoms with E-state index in [1.807, 2.05) is 4.90 Å². The fourth-order valence-corrected chi connectivity index (χ4v) is 2.63. The Morgan fingerprint density at radius 3 is 2.79 bits per heavy atom. The van der Waals surface area contributed by atoms with Crippen molar-refractivity contribution in [2.75, 3.05) is 13.1 Å². The van der Waals surface area contributed by atoms with Crippen molar-refractivity contribution in [3.63, 3.8) is 0 Å². The zero-order valence-corrected chi connectivity index (χ0v) is 8.38. The molecule has 1 aliphatic heterocycles. The molecule has 1 heterocycles. The Morgan fingerprint density at radius 2 is 2.14 bits per heavy atom. The second kappa shape index (κ2) is 3.53. The number of hydrogen-bond donors (Lipinski definition) is 1. The van der Waals surface area contributed by atoms with Gasteiger partial charge in [0.2, 0.25) is 0 Å². The summed E-state index contributed by atoms with van der Waals surface area (Å²) < 4.78 is 0. The van der Waals surface area contributed by atoms with Crippen molar-refractivity contribution in [3.05, 3.63) is 0 Å². The van der Waals surface area contributed by atoms with Crippen LogP contribution < -0.4 is 5.32 Å². The highest BCUT2D eigenvalue weighted by Gasteiger charge is 2.45. The van der Waals surface area contributed by atoms with E-state index in [0.29, 0.717) is 6.54 Å². The third-order valence-corrected chi connectivity index (χ3v) is 3.42. The highest BCUT2D eigenvalue weighted by molar-refractivity contribution is 5.78. The maximum absolute atomic E-state index is 11.6. The van der Waals surface area contributed by atoms with Crippen LogP contribution in [0.2, 0.25) is 0 Å². The molecule has 2 rings (SSSR count). The molecule has 1 aliphatic carbocycles. The predicted octanol–water partition coefficient (Wildman–Crippen LogP) is 1.35. The lowest BCUT2D eigenvalue weighted by atomic mass is 9.81. The minimum atomic E-state index is 0.0184. The molecule has 2 fully saturated rings. The van der Waals surface area contributed by atoms with Crippen LogP contribution in [0.4, 0.5) is 4.79 Å².